The molecule has 5 nitrogen and oxygen atoms in total. The fourth-order valence-corrected chi connectivity index (χ4v) is 2.48. The van der Waals surface area contributed by atoms with Crippen LogP contribution in [-0.2, 0) is 11.2 Å². The van der Waals surface area contributed by atoms with Crippen LogP contribution < -0.4 is 16.0 Å². The fraction of sp³-hybridized carbons (Fsp3) is 0.176. The molecule has 0 spiro atoms. The van der Waals surface area contributed by atoms with Crippen LogP contribution in [0.5, 0.6) is 0 Å². The van der Waals surface area contributed by atoms with Crippen molar-refractivity contribution < 1.29 is 9.59 Å². The van der Waals surface area contributed by atoms with Crippen molar-refractivity contribution in [3.63, 3.8) is 0 Å². The number of benzene rings is 2. The molecule has 3 amide bonds. The van der Waals surface area contributed by atoms with Crippen molar-refractivity contribution in [3.8, 4) is 0 Å². The van der Waals surface area contributed by atoms with Crippen molar-refractivity contribution in [1.82, 2.24) is 0 Å². The van der Waals surface area contributed by atoms with E-state index in [1.807, 2.05) is 38.1 Å². The lowest BCUT2D eigenvalue weighted by Crippen LogP contribution is -2.20. The summed E-state index contributed by atoms with van der Waals surface area (Å²) in [5, 5.41) is 8.40. The van der Waals surface area contributed by atoms with Gasteiger partial charge in [-0.2, -0.15) is 0 Å². The minimum Gasteiger partial charge on any atom is -0.326 e. The van der Waals surface area contributed by atoms with Crippen molar-refractivity contribution in [2.24, 2.45) is 0 Å². The number of hydrogen-bond donors (Lipinski definition) is 3. The molecular weight excluding hydrogens is 278 g/mol. The molecule has 0 aliphatic carbocycles. The molecule has 2 aromatic carbocycles. The Balaban J connectivity index is 1.71. The predicted molar refractivity (Wildman–Crippen MR) is 87.3 cm³/mol. The van der Waals surface area contributed by atoms with Gasteiger partial charge in [0.05, 0.1) is 6.42 Å². The number of amides is 3. The monoisotopic (exact) mass is 295 g/mol. The number of nitrogens with one attached hydrogen (secondary N) is 3. The highest BCUT2D eigenvalue weighted by Gasteiger charge is 2.17. The Kier molecular flexibility index (Phi) is 3.55. The Morgan fingerprint density at radius 3 is 2.77 bits per heavy atom. The van der Waals surface area contributed by atoms with E-state index in [-0.39, 0.29) is 11.9 Å². The number of rotatable bonds is 2. The van der Waals surface area contributed by atoms with E-state index in [2.05, 4.69) is 16.0 Å². The van der Waals surface area contributed by atoms with Crippen molar-refractivity contribution >= 4 is 29.0 Å². The van der Waals surface area contributed by atoms with Gasteiger partial charge in [-0.05, 0) is 54.8 Å². The Bertz CT molecular complexity index is 768. The molecule has 1 aliphatic rings. The van der Waals surface area contributed by atoms with Crippen LogP contribution >= 0.6 is 0 Å². The number of carbonyl (C=O) groups excluding carboxylic acids is 2. The Morgan fingerprint density at radius 2 is 1.95 bits per heavy atom. The number of urea groups is 1. The van der Waals surface area contributed by atoms with Crippen LogP contribution in [0.2, 0.25) is 0 Å². The third-order valence-electron chi connectivity index (χ3n) is 3.84. The summed E-state index contributed by atoms with van der Waals surface area (Å²) in [4.78, 5) is 23.4. The van der Waals surface area contributed by atoms with Gasteiger partial charge in [-0.1, -0.05) is 12.1 Å². The lowest BCUT2D eigenvalue weighted by atomic mass is 10.1. The van der Waals surface area contributed by atoms with Crippen LogP contribution in [0.1, 0.15) is 16.7 Å². The molecule has 0 saturated heterocycles. The molecule has 0 unspecified atom stereocenters. The smallest absolute Gasteiger partial charge is 0.323 e. The molecule has 0 atom stereocenters. The Labute approximate surface area is 128 Å². The molecular formula is C17H17N3O2. The third-order valence-corrected chi connectivity index (χ3v) is 3.84. The summed E-state index contributed by atoms with van der Waals surface area (Å²) in [7, 11) is 0. The molecule has 22 heavy (non-hydrogen) atoms. The van der Waals surface area contributed by atoms with Crippen molar-refractivity contribution in [1.29, 1.82) is 0 Å². The topological polar surface area (TPSA) is 70.2 Å². The van der Waals surface area contributed by atoms with E-state index in [1.165, 1.54) is 0 Å². The first-order chi connectivity index (χ1) is 10.5. The molecule has 112 valence electrons. The van der Waals surface area contributed by atoms with Gasteiger partial charge < -0.3 is 16.0 Å². The quantitative estimate of drug-likeness (QED) is 0.794. The molecule has 1 aliphatic heterocycles. The zero-order valence-corrected chi connectivity index (χ0v) is 12.5. The van der Waals surface area contributed by atoms with E-state index in [0.29, 0.717) is 12.1 Å². The predicted octanol–water partition coefficient (Wildman–Crippen LogP) is 3.44. The van der Waals surface area contributed by atoms with Gasteiger partial charge in [0.1, 0.15) is 0 Å². The summed E-state index contributed by atoms with van der Waals surface area (Å²) < 4.78 is 0. The van der Waals surface area contributed by atoms with E-state index >= 15 is 0 Å². The Hall–Kier alpha value is -2.82. The van der Waals surface area contributed by atoms with Crippen LogP contribution in [0.3, 0.4) is 0 Å². The minimum absolute atomic E-state index is 0.0213. The highest BCUT2D eigenvalue weighted by atomic mass is 16.2. The summed E-state index contributed by atoms with van der Waals surface area (Å²) >= 11 is 0. The van der Waals surface area contributed by atoms with Gasteiger partial charge in [-0.15, -0.1) is 0 Å². The molecule has 2 aromatic rings. The zero-order chi connectivity index (χ0) is 15.7. The largest absolute Gasteiger partial charge is 0.326 e. The molecule has 5 heteroatoms. The van der Waals surface area contributed by atoms with Gasteiger partial charge >= 0.3 is 6.03 Å². The van der Waals surface area contributed by atoms with E-state index in [4.69, 9.17) is 0 Å². The number of anilines is 3. The summed E-state index contributed by atoms with van der Waals surface area (Å²) in [5.74, 6) is -0.0213. The average Bonchev–Trinajstić information content (AvgIpc) is 2.83. The molecule has 1 heterocycles. The maximum atomic E-state index is 12.1. The van der Waals surface area contributed by atoms with Crippen LogP contribution in [-0.4, -0.2) is 11.9 Å². The summed E-state index contributed by atoms with van der Waals surface area (Å²) in [6.07, 6.45) is 0.351. The normalized spacial score (nSPS) is 12.5. The average molecular weight is 295 g/mol. The number of aryl methyl sites for hydroxylation is 1. The van der Waals surface area contributed by atoms with Crippen molar-refractivity contribution in [3.05, 3.63) is 53.1 Å². The van der Waals surface area contributed by atoms with Crippen LogP contribution in [0.15, 0.2) is 36.4 Å². The maximum Gasteiger partial charge on any atom is 0.323 e. The lowest BCUT2D eigenvalue weighted by molar-refractivity contribution is -0.115. The van der Waals surface area contributed by atoms with Gasteiger partial charge in [0.15, 0.2) is 0 Å². The van der Waals surface area contributed by atoms with Gasteiger partial charge in [0.25, 0.3) is 0 Å². The third kappa shape index (κ3) is 2.79. The molecule has 3 N–H and O–H groups in total. The second-order valence-corrected chi connectivity index (χ2v) is 5.42. The number of carbonyl (C=O) groups is 2. The van der Waals surface area contributed by atoms with Gasteiger partial charge in [0, 0.05) is 17.1 Å². The van der Waals surface area contributed by atoms with Gasteiger partial charge in [0.2, 0.25) is 5.91 Å². The Morgan fingerprint density at radius 1 is 1.14 bits per heavy atom. The van der Waals surface area contributed by atoms with E-state index in [0.717, 1.165) is 28.1 Å². The van der Waals surface area contributed by atoms with Gasteiger partial charge in [-0.25, -0.2) is 4.79 Å². The maximum absolute atomic E-state index is 12.1. The molecule has 0 radical (unpaired) electrons. The van der Waals surface area contributed by atoms with E-state index in [1.54, 1.807) is 12.1 Å². The summed E-state index contributed by atoms with van der Waals surface area (Å²) in [6.45, 7) is 3.97. The van der Waals surface area contributed by atoms with E-state index in [9.17, 15) is 9.59 Å². The summed E-state index contributed by atoms with van der Waals surface area (Å²) in [5.41, 5.74) is 5.33. The first-order valence-electron chi connectivity index (χ1n) is 7.10. The fourth-order valence-electron chi connectivity index (χ4n) is 2.48. The second-order valence-electron chi connectivity index (χ2n) is 5.42. The van der Waals surface area contributed by atoms with Crippen molar-refractivity contribution in [2.75, 3.05) is 16.0 Å². The van der Waals surface area contributed by atoms with Crippen LogP contribution in [0.4, 0.5) is 21.9 Å². The standard InChI is InChI=1S/C17H17N3O2/c1-10-4-3-5-14(11(10)2)20-17(22)18-13-6-7-15-12(8-13)9-16(21)19-15/h3-8H,9H2,1-2H3,(H,19,21)(H2,18,20,22). The molecule has 0 fully saturated rings. The zero-order valence-electron chi connectivity index (χ0n) is 12.5. The number of fused-ring (bicyclic) bond motifs is 1. The van der Waals surface area contributed by atoms with Crippen LogP contribution in [0, 0.1) is 13.8 Å². The van der Waals surface area contributed by atoms with Crippen molar-refractivity contribution in [2.45, 2.75) is 20.3 Å². The highest BCUT2D eigenvalue weighted by molar-refractivity contribution is 6.02. The SMILES string of the molecule is Cc1cccc(NC(=O)Nc2ccc3c(c2)CC(=O)N3)c1C. The molecule has 3 rings (SSSR count). The van der Waals surface area contributed by atoms with E-state index < -0.39 is 0 Å². The minimum atomic E-state index is -0.300. The second kappa shape index (κ2) is 5.52. The van der Waals surface area contributed by atoms with Gasteiger partial charge in [-0.3, -0.25) is 4.79 Å². The lowest BCUT2D eigenvalue weighted by Gasteiger charge is -2.12. The number of hydrogen-bond acceptors (Lipinski definition) is 2. The molecule has 0 bridgehead atoms. The first kappa shape index (κ1) is 14.1. The molecule has 0 aromatic heterocycles. The first-order valence-corrected chi connectivity index (χ1v) is 7.10. The highest BCUT2D eigenvalue weighted by Crippen LogP contribution is 2.26. The van der Waals surface area contributed by atoms with Crippen LogP contribution in [0.25, 0.3) is 0 Å². The summed E-state index contributed by atoms with van der Waals surface area (Å²) in [6, 6.07) is 10.9. The molecule has 0 saturated carbocycles.